The molecule has 0 amide bonds. The number of nitrogens with one attached hydrogen (secondary N) is 1. The van der Waals surface area contributed by atoms with Crippen LogP contribution >= 0.6 is 11.3 Å². The maximum absolute atomic E-state index is 3.56. The van der Waals surface area contributed by atoms with Gasteiger partial charge >= 0.3 is 0 Å². The molecule has 3 rings (SSSR count). The van der Waals surface area contributed by atoms with E-state index in [1.165, 1.54) is 42.1 Å². The number of likely N-dealkylation sites (tertiary alicyclic amines) is 1. The van der Waals surface area contributed by atoms with Crippen molar-refractivity contribution in [2.75, 3.05) is 18.4 Å². The van der Waals surface area contributed by atoms with Gasteiger partial charge in [0.25, 0.3) is 0 Å². The quantitative estimate of drug-likeness (QED) is 0.869. The molecule has 1 saturated heterocycles. The first-order valence-corrected chi connectivity index (χ1v) is 8.30. The summed E-state index contributed by atoms with van der Waals surface area (Å²) >= 11 is 1.81. The zero-order valence-electron chi connectivity index (χ0n) is 12.0. The number of anilines is 1. The summed E-state index contributed by atoms with van der Waals surface area (Å²) in [6.07, 6.45) is 2.72. The Labute approximate surface area is 125 Å². The van der Waals surface area contributed by atoms with Crippen molar-refractivity contribution >= 4 is 17.0 Å². The summed E-state index contributed by atoms with van der Waals surface area (Å²) < 4.78 is 0. The second kappa shape index (κ2) is 6.42. The topological polar surface area (TPSA) is 15.3 Å². The summed E-state index contributed by atoms with van der Waals surface area (Å²) in [5.41, 5.74) is 2.62. The van der Waals surface area contributed by atoms with Gasteiger partial charge in [-0.3, -0.25) is 4.90 Å². The fourth-order valence-corrected chi connectivity index (χ4v) is 3.50. The first-order valence-electron chi connectivity index (χ1n) is 7.42. The molecule has 2 aromatic rings. The van der Waals surface area contributed by atoms with Gasteiger partial charge in [-0.1, -0.05) is 18.2 Å². The molecule has 1 atom stereocenters. The van der Waals surface area contributed by atoms with Crippen LogP contribution in [0.4, 0.5) is 5.69 Å². The van der Waals surface area contributed by atoms with E-state index in [0.717, 1.165) is 6.54 Å². The zero-order valence-corrected chi connectivity index (χ0v) is 12.8. The maximum Gasteiger partial charge on any atom is 0.0578 e. The van der Waals surface area contributed by atoms with Gasteiger partial charge in [0, 0.05) is 17.1 Å². The molecule has 1 N–H and O–H groups in total. The predicted octanol–water partition coefficient (Wildman–Crippen LogP) is 4.52. The SMILES string of the molecule is CC(Nc1ccc(CN2CCCC2)cc1)c1cccs1. The molecule has 2 nitrogen and oxygen atoms in total. The van der Waals surface area contributed by atoms with Gasteiger partial charge in [-0.05, 0) is 62.0 Å². The summed E-state index contributed by atoms with van der Waals surface area (Å²) in [5, 5.41) is 5.69. The Balaban J connectivity index is 1.58. The van der Waals surface area contributed by atoms with Crippen LogP contribution in [-0.4, -0.2) is 18.0 Å². The molecule has 0 spiro atoms. The first-order chi connectivity index (χ1) is 9.81. The number of nitrogens with zero attached hydrogens (tertiary/aromatic N) is 1. The van der Waals surface area contributed by atoms with Crippen LogP contribution in [0.15, 0.2) is 41.8 Å². The highest BCUT2D eigenvalue weighted by atomic mass is 32.1. The van der Waals surface area contributed by atoms with E-state index in [1.54, 1.807) is 11.3 Å². The molecule has 0 radical (unpaired) electrons. The van der Waals surface area contributed by atoms with Crippen molar-refractivity contribution < 1.29 is 0 Å². The van der Waals surface area contributed by atoms with E-state index in [1.807, 2.05) is 0 Å². The highest BCUT2D eigenvalue weighted by Crippen LogP contribution is 2.23. The predicted molar refractivity (Wildman–Crippen MR) is 87.3 cm³/mol. The van der Waals surface area contributed by atoms with E-state index < -0.39 is 0 Å². The highest BCUT2D eigenvalue weighted by molar-refractivity contribution is 7.10. The third-order valence-electron chi connectivity index (χ3n) is 3.91. The van der Waals surface area contributed by atoms with Gasteiger partial charge in [-0.25, -0.2) is 0 Å². The zero-order chi connectivity index (χ0) is 13.8. The molecular weight excluding hydrogens is 264 g/mol. The van der Waals surface area contributed by atoms with Gasteiger partial charge in [0.15, 0.2) is 0 Å². The average molecular weight is 286 g/mol. The molecule has 1 aromatic carbocycles. The molecule has 106 valence electrons. The Bertz CT molecular complexity index is 512. The molecule has 1 unspecified atom stereocenters. The van der Waals surface area contributed by atoms with Crippen molar-refractivity contribution in [2.45, 2.75) is 32.4 Å². The lowest BCUT2D eigenvalue weighted by Gasteiger charge is -2.16. The summed E-state index contributed by atoms with van der Waals surface area (Å²) in [5.74, 6) is 0. The fourth-order valence-electron chi connectivity index (χ4n) is 2.76. The monoisotopic (exact) mass is 286 g/mol. The Morgan fingerprint density at radius 1 is 1.15 bits per heavy atom. The molecule has 1 aliphatic heterocycles. The van der Waals surface area contributed by atoms with Gasteiger partial charge in [0.05, 0.1) is 6.04 Å². The fraction of sp³-hybridized carbons (Fsp3) is 0.412. The van der Waals surface area contributed by atoms with Crippen molar-refractivity contribution in [3.05, 3.63) is 52.2 Å². The van der Waals surface area contributed by atoms with E-state index in [-0.39, 0.29) is 0 Å². The van der Waals surface area contributed by atoms with Gasteiger partial charge in [-0.2, -0.15) is 0 Å². The van der Waals surface area contributed by atoms with Crippen molar-refractivity contribution in [2.24, 2.45) is 0 Å². The van der Waals surface area contributed by atoms with Crippen LogP contribution in [0.1, 0.15) is 36.2 Å². The third kappa shape index (κ3) is 3.41. The van der Waals surface area contributed by atoms with Gasteiger partial charge < -0.3 is 5.32 Å². The minimum Gasteiger partial charge on any atom is -0.378 e. The largest absolute Gasteiger partial charge is 0.378 e. The van der Waals surface area contributed by atoms with E-state index in [9.17, 15) is 0 Å². The lowest BCUT2D eigenvalue weighted by atomic mass is 10.2. The number of rotatable bonds is 5. The molecule has 2 heterocycles. The van der Waals surface area contributed by atoms with Crippen LogP contribution in [0, 0.1) is 0 Å². The summed E-state index contributed by atoms with van der Waals surface area (Å²) in [4.78, 5) is 3.92. The molecule has 3 heteroatoms. The van der Waals surface area contributed by atoms with E-state index in [0.29, 0.717) is 6.04 Å². The number of benzene rings is 1. The molecule has 0 saturated carbocycles. The summed E-state index contributed by atoms with van der Waals surface area (Å²) in [7, 11) is 0. The van der Waals surface area contributed by atoms with Gasteiger partial charge in [0.2, 0.25) is 0 Å². The van der Waals surface area contributed by atoms with E-state index >= 15 is 0 Å². The van der Waals surface area contributed by atoms with Crippen LogP contribution in [0.25, 0.3) is 0 Å². The molecule has 20 heavy (non-hydrogen) atoms. The third-order valence-corrected chi connectivity index (χ3v) is 4.97. The summed E-state index contributed by atoms with van der Waals surface area (Å²) in [6, 6.07) is 13.6. The Kier molecular flexibility index (Phi) is 4.38. The molecule has 1 aliphatic rings. The van der Waals surface area contributed by atoms with Crippen LogP contribution < -0.4 is 5.32 Å². The molecule has 0 bridgehead atoms. The van der Waals surface area contributed by atoms with Crippen molar-refractivity contribution in [3.8, 4) is 0 Å². The van der Waals surface area contributed by atoms with Crippen molar-refractivity contribution in [1.29, 1.82) is 0 Å². The minimum absolute atomic E-state index is 0.374. The highest BCUT2D eigenvalue weighted by Gasteiger charge is 2.11. The lowest BCUT2D eigenvalue weighted by Crippen LogP contribution is -2.18. The van der Waals surface area contributed by atoms with Crippen LogP contribution in [0.3, 0.4) is 0 Å². The summed E-state index contributed by atoms with van der Waals surface area (Å²) in [6.45, 7) is 5.83. The average Bonchev–Trinajstić information content (AvgIpc) is 3.13. The number of thiophene rings is 1. The van der Waals surface area contributed by atoms with Crippen molar-refractivity contribution in [1.82, 2.24) is 4.90 Å². The Morgan fingerprint density at radius 3 is 2.55 bits per heavy atom. The Morgan fingerprint density at radius 2 is 1.90 bits per heavy atom. The van der Waals surface area contributed by atoms with Crippen molar-refractivity contribution in [3.63, 3.8) is 0 Å². The molecule has 0 aliphatic carbocycles. The van der Waals surface area contributed by atoms with E-state index in [2.05, 4.69) is 58.9 Å². The number of hydrogen-bond acceptors (Lipinski definition) is 3. The van der Waals surface area contributed by atoms with Crippen LogP contribution in [-0.2, 0) is 6.54 Å². The van der Waals surface area contributed by atoms with Gasteiger partial charge in [0.1, 0.15) is 0 Å². The Hall–Kier alpha value is -1.32. The molecule has 1 fully saturated rings. The normalized spacial score (nSPS) is 17.2. The maximum atomic E-state index is 3.56. The number of hydrogen-bond donors (Lipinski definition) is 1. The second-order valence-corrected chi connectivity index (χ2v) is 6.54. The molecule has 1 aromatic heterocycles. The smallest absolute Gasteiger partial charge is 0.0578 e. The van der Waals surface area contributed by atoms with Crippen LogP contribution in [0.5, 0.6) is 0 Å². The minimum atomic E-state index is 0.374. The lowest BCUT2D eigenvalue weighted by molar-refractivity contribution is 0.331. The standard InChI is InChI=1S/C17H22N2S/c1-14(17-5-4-12-20-17)18-16-8-6-15(7-9-16)13-19-10-2-3-11-19/h4-9,12,14,18H,2-3,10-11,13H2,1H3. The van der Waals surface area contributed by atoms with Gasteiger partial charge in [-0.15, -0.1) is 11.3 Å². The van der Waals surface area contributed by atoms with E-state index in [4.69, 9.17) is 0 Å². The second-order valence-electron chi connectivity index (χ2n) is 5.56. The first kappa shape index (κ1) is 13.7. The van der Waals surface area contributed by atoms with Crippen LogP contribution in [0.2, 0.25) is 0 Å². The molecular formula is C17H22N2S.